The smallest absolute Gasteiger partial charge is 0.287 e. The summed E-state index contributed by atoms with van der Waals surface area (Å²) < 4.78 is 32.5. The third-order valence-corrected chi connectivity index (χ3v) is 7.08. The summed E-state index contributed by atoms with van der Waals surface area (Å²) >= 11 is 0. The Morgan fingerprint density at radius 3 is 2.39 bits per heavy atom. The third kappa shape index (κ3) is 5.52. The predicted octanol–water partition coefficient (Wildman–Crippen LogP) is 1.61. The maximum absolute atomic E-state index is 13.0. The van der Waals surface area contributed by atoms with Gasteiger partial charge in [-0.1, -0.05) is 19.9 Å². The summed E-state index contributed by atoms with van der Waals surface area (Å²) in [6, 6.07) is 8.44. The first-order valence-corrected chi connectivity index (χ1v) is 11.6. The number of rotatable bonds is 7. The Morgan fingerprint density at radius 2 is 1.77 bits per heavy atom. The molecule has 1 aromatic heterocycles. The second-order valence-electron chi connectivity index (χ2n) is 7.90. The number of amides is 2. The number of anilines is 1. The van der Waals surface area contributed by atoms with Crippen LogP contribution in [0.1, 0.15) is 24.4 Å². The van der Waals surface area contributed by atoms with Gasteiger partial charge in [-0.3, -0.25) is 9.59 Å². The first-order valence-electron chi connectivity index (χ1n) is 10.1. The summed E-state index contributed by atoms with van der Waals surface area (Å²) in [5.74, 6) is -1.02. The van der Waals surface area contributed by atoms with Crippen molar-refractivity contribution in [1.29, 1.82) is 0 Å². The third-order valence-electron chi connectivity index (χ3n) is 5.18. The van der Waals surface area contributed by atoms with Crippen molar-refractivity contribution in [3.05, 3.63) is 48.4 Å². The van der Waals surface area contributed by atoms with Crippen molar-refractivity contribution in [3.8, 4) is 0 Å². The summed E-state index contributed by atoms with van der Waals surface area (Å²) in [5, 5.41) is 5.38. The molecule has 0 bridgehead atoms. The SMILES string of the molecule is CC(C)C(NC(=O)c1ccco1)C(=O)Nc1cccc(S(=O)(=O)N2CCN(C)CC2)c1. The Balaban J connectivity index is 1.72. The fourth-order valence-corrected chi connectivity index (χ4v) is 4.76. The van der Waals surface area contributed by atoms with E-state index in [1.165, 1.54) is 28.8 Å². The van der Waals surface area contributed by atoms with Gasteiger partial charge in [0.15, 0.2) is 5.76 Å². The number of benzene rings is 1. The normalized spacial score (nSPS) is 16.8. The van der Waals surface area contributed by atoms with Crippen molar-refractivity contribution in [1.82, 2.24) is 14.5 Å². The van der Waals surface area contributed by atoms with Gasteiger partial charge in [0, 0.05) is 31.9 Å². The molecule has 1 saturated heterocycles. The van der Waals surface area contributed by atoms with E-state index in [0.29, 0.717) is 31.9 Å². The zero-order valence-electron chi connectivity index (χ0n) is 17.9. The molecule has 9 nitrogen and oxygen atoms in total. The summed E-state index contributed by atoms with van der Waals surface area (Å²) in [6.07, 6.45) is 1.38. The van der Waals surface area contributed by atoms with Crippen LogP contribution >= 0.6 is 0 Å². The van der Waals surface area contributed by atoms with Crippen LogP contribution in [0.2, 0.25) is 0 Å². The van der Waals surface area contributed by atoms with Crippen molar-refractivity contribution in [3.63, 3.8) is 0 Å². The lowest BCUT2D eigenvalue weighted by Gasteiger charge is -2.31. The van der Waals surface area contributed by atoms with E-state index in [-0.39, 0.29) is 16.6 Å². The Kier molecular flexibility index (Phi) is 7.14. The molecule has 10 heteroatoms. The highest BCUT2D eigenvalue weighted by Gasteiger charge is 2.29. The van der Waals surface area contributed by atoms with Crippen molar-refractivity contribution in [2.75, 3.05) is 38.5 Å². The van der Waals surface area contributed by atoms with Crippen LogP contribution in [0.5, 0.6) is 0 Å². The molecule has 0 saturated carbocycles. The number of hydrogen-bond acceptors (Lipinski definition) is 6. The Bertz CT molecular complexity index is 1010. The number of furan rings is 1. The molecule has 1 fully saturated rings. The molecule has 2 N–H and O–H groups in total. The lowest BCUT2D eigenvalue weighted by molar-refractivity contribution is -0.118. The molecule has 3 rings (SSSR count). The number of piperazine rings is 1. The number of carbonyl (C=O) groups is 2. The Morgan fingerprint density at radius 1 is 1.06 bits per heavy atom. The number of sulfonamides is 1. The molecule has 2 heterocycles. The molecule has 1 unspecified atom stereocenters. The molecule has 31 heavy (non-hydrogen) atoms. The molecular formula is C21H28N4O5S. The Labute approximate surface area is 182 Å². The maximum atomic E-state index is 13.0. The average molecular weight is 449 g/mol. The molecule has 1 aromatic carbocycles. The molecule has 1 atom stereocenters. The van der Waals surface area contributed by atoms with Gasteiger partial charge in [0.1, 0.15) is 6.04 Å². The van der Waals surface area contributed by atoms with Crippen LogP contribution in [-0.2, 0) is 14.8 Å². The monoisotopic (exact) mass is 448 g/mol. The molecule has 168 valence electrons. The fraction of sp³-hybridized carbons (Fsp3) is 0.429. The van der Waals surface area contributed by atoms with E-state index in [0.717, 1.165) is 0 Å². The Hall–Kier alpha value is -2.69. The van der Waals surface area contributed by atoms with E-state index in [4.69, 9.17) is 4.42 Å². The summed E-state index contributed by atoms with van der Waals surface area (Å²) in [6.45, 7) is 5.79. The standard InChI is InChI=1S/C21H28N4O5S/c1-15(2)19(23-20(26)18-8-5-13-30-18)21(27)22-16-6-4-7-17(14-16)31(28,29)25-11-9-24(3)10-12-25/h4-8,13-15,19H,9-12H2,1-3H3,(H,22,27)(H,23,26). The maximum Gasteiger partial charge on any atom is 0.287 e. The summed E-state index contributed by atoms with van der Waals surface area (Å²) in [5.41, 5.74) is 0.345. The fourth-order valence-electron chi connectivity index (χ4n) is 3.29. The average Bonchev–Trinajstić information content (AvgIpc) is 3.27. The summed E-state index contributed by atoms with van der Waals surface area (Å²) in [7, 11) is -1.70. The number of hydrogen-bond donors (Lipinski definition) is 2. The lowest BCUT2D eigenvalue weighted by Crippen LogP contribution is -2.47. The van der Waals surface area contributed by atoms with Gasteiger partial charge in [0.25, 0.3) is 5.91 Å². The van der Waals surface area contributed by atoms with Gasteiger partial charge in [-0.25, -0.2) is 8.42 Å². The number of nitrogens with one attached hydrogen (secondary N) is 2. The van der Waals surface area contributed by atoms with E-state index in [1.54, 1.807) is 32.0 Å². The van der Waals surface area contributed by atoms with Gasteiger partial charge in [0.05, 0.1) is 11.2 Å². The zero-order valence-corrected chi connectivity index (χ0v) is 18.7. The molecule has 1 aliphatic heterocycles. The number of carbonyl (C=O) groups excluding carboxylic acids is 2. The largest absolute Gasteiger partial charge is 0.459 e. The molecule has 2 amide bonds. The quantitative estimate of drug-likeness (QED) is 0.666. The highest BCUT2D eigenvalue weighted by atomic mass is 32.2. The van der Waals surface area contributed by atoms with E-state index < -0.39 is 27.9 Å². The first kappa shape index (κ1) is 23.0. The minimum atomic E-state index is -3.66. The predicted molar refractivity (Wildman–Crippen MR) is 116 cm³/mol. The minimum Gasteiger partial charge on any atom is -0.459 e. The molecule has 2 aromatic rings. The van der Waals surface area contributed by atoms with Gasteiger partial charge >= 0.3 is 0 Å². The van der Waals surface area contributed by atoms with Crippen LogP contribution in [0, 0.1) is 5.92 Å². The highest BCUT2D eigenvalue weighted by Crippen LogP contribution is 2.21. The van der Waals surface area contributed by atoms with Crippen molar-refractivity contribution >= 4 is 27.5 Å². The second kappa shape index (κ2) is 9.63. The van der Waals surface area contributed by atoms with Crippen LogP contribution < -0.4 is 10.6 Å². The lowest BCUT2D eigenvalue weighted by atomic mass is 10.0. The van der Waals surface area contributed by atoms with Gasteiger partial charge < -0.3 is 20.0 Å². The second-order valence-corrected chi connectivity index (χ2v) is 9.83. The van der Waals surface area contributed by atoms with Crippen LogP contribution in [0.25, 0.3) is 0 Å². The molecule has 0 aliphatic carbocycles. The van der Waals surface area contributed by atoms with Gasteiger partial charge in [-0.15, -0.1) is 0 Å². The van der Waals surface area contributed by atoms with E-state index in [9.17, 15) is 18.0 Å². The van der Waals surface area contributed by atoms with E-state index >= 15 is 0 Å². The van der Waals surface area contributed by atoms with Crippen LogP contribution in [0.4, 0.5) is 5.69 Å². The highest BCUT2D eigenvalue weighted by molar-refractivity contribution is 7.89. The van der Waals surface area contributed by atoms with E-state index in [2.05, 4.69) is 15.5 Å². The van der Waals surface area contributed by atoms with Gasteiger partial charge in [-0.2, -0.15) is 4.31 Å². The molecular weight excluding hydrogens is 420 g/mol. The van der Waals surface area contributed by atoms with Crippen LogP contribution in [0.15, 0.2) is 52.0 Å². The van der Waals surface area contributed by atoms with Crippen LogP contribution in [0.3, 0.4) is 0 Å². The summed E-state index contributed by atoms with van der Waals surface area (Å²) in [4.78, 5) is 27.3. The zero-order chi connectivity index (χ0) is 22.6. The van der Waals surface area contributed by atoms with Crippen molar-refractivity contribution < 1.29 is 22.4 Å². The van der Waals surface area contributed by atoms with Crippen molar-refractivity contribution in [2.24, 2.45) is 5.92 Å². The topological polar surface area (TPSA) is 112 Å². The number of likely N-dealkylation sites (N-methyl/N-ethyl adjacent to an activating group) is 1. The van der Waals surface area contributed by atoms with Gasteiger partial charge in [0.2, 0.25) is 15.9 Å². The van der Waals surface area contributed by atoms with Crippen molar-refractivity contribution in [2.45, 2.75) is 24.8 Å². The molecule has 1 aliphatic rings. The van der Waals surface area contributed by atoms with Gasteiger partial charge in [-0.05, 0) is 43.3 Å². The van der Waals surface area contributed by atoms with E-state index in [1.807, 2.05) is 7.05 Å². The molecule has 0 spiro atoms. The first-order chi connectivity index (χ1) is 14.7. The van der Waals surface area contributed by atoms with Crippen LogP contribution in [-0.4, -0.2) is 68.7 Å². The minimum absolute atomic E-state index is 0.110. The molecule has 0 radical (unpaired) electrons. The number of nitrogens with zero attached hydrogens (tertiary/aromatic N) is 2.